The van der Waals surface area contributed by atoms with E-state index < -0.39 is 18.0 Å². The highest BCUT2D eigenvalue weighted by Crippen LogP contribution is 2.25. The van der Waals surface area contributed by atoms with Crippen LogP contribution in [0.4, 0.5) is 5.69 Å². The fourth-order valence-corrected chi connectivity index (χ4v) is 2.58. The van der Waals surface area contributed by atoms with Gasteiger partial charge < -0.3 is 19.5 Å². The minimum absolute atomic E-state index is 0.466. The molecule has 0 aliphatic carbocycles. The van der Waals surface area contributed by atoms with Crippen LogP contribution in [0, 0.1) is 6.92 Å². The molecule has 1 aromatic heterocycles. The van der Waals surface area contributed by atoms with Crippen LogP contribution in [-0.2, 0) is 14.3 Å². The zero-order valence-electron chi connectivity index (χ0n) is 14.9. The highest BCUT2D eigenvalue weighted by atomic mass is 32.1. The minimum Gasteiger partial charge on any atom is -0.497 e. The van der Waals surface area contributed by atoms with Crippen molar-refractivity contribution in [3.05, 3.63) is 40.4 Å². The Balaban J connectivity index is 1.94. The largest absolute Gasteiger partial charge is 0.497 e. The summed E-state index contributed by atoms with van der Waals surface area (Å²) in [5.41, 5.74) is 1.15. The van der Waals surface area contributed by atoms with E-state index in [1.54, 1.807) is 24.3 Å². The number of thiazole rings is 1. The van der Waals surface area contributed by atoms with Gasteiger partial charge in [-0.1, -0.05) is 0 Å². The highest BCUT2D eigenvalue weighted by Gasteiger charge is 2.17. The number of esters is 1. The van der Waals surface area contributed by atoms with Crippen molar-refractivity contribution >= 4 is 35.0 Å². The lowest BCUT2D eigenvalue weighted by Crippen LogP contribution is -2.29. The van der Waals surface area contributed by atoms with Crippen LogP contribution < -0.4 is 14.8 Å². The summed E-state index contributed by atoms with van der Waals surface area (Å²) in [6.45, 7) is 3.37. The van der Waals surface area contributed by atoms with E-state index in [4.69, 9.17) is 14.2 Å². The number of hydrogen-bond donors (Lipinski definition) is 1. The zero-order valence-corrected chi connectivity index (χ0v) is 15.8. The molecule has 0 aliphatic rings. The number of benzene rings is 1. The maximum Gasteiger partial charge on any atom is 0.331 e. The molecule has 2 aromatic rings. The summed E-state index contributed by atoms with van der Waals surface area (Å²) in [5, 5.41) is 5.39. The first-order chi connectivity index (χ1) is 12.4. The molecule has 138 valence electrons. The Hall–Kier alpha value is -2.87. The van der Waals surface area contributed by atoms with Gasteiger partial charge in [-0.25, -0.2) is 9.78 Å². The summed E-state index contributed by atoms with van der Waals surface area (Å²) in [6.07, 6.45) is 1.82. The third-order valence-corrected chi connectivity index (χ3v) is 4.10. The van der Waals surface area contributed by atoms with Crippen LogP contribution >= 0.6 is 11.3 Å². The number of aromatic nitrogens is 1. The molecule has 26 heavy (non-hydrogen) atoms. The van der Waals surface area contributed by atoms with Gasteiger partial charge in [-0.05, 0) is 19.9 Å². The fourth-order valence-electron chi connectivity index (χ4n) is 2.00. The summed E-state index contributed by atoms with van der Waals surface area (Å²) in [4.78, 5) is 28.3. The van der Waals surface area contributed by atoms with Gasteiger partial charge in [-0.3, -0.25) is 4.79 Å². The quantitative estimate of drug-likeness (QED) is 0.590. The molecular formula is C18H20N2O5S. The lowest BCUT2D eigenvalue weighted by atomic mass is 10.2. The van der Waals surface area contributed by atoms with Crippen LogP contribution in [0.3, 0.4) is 0 Å². The SMILES string of the molecule is COc1cc(NC(=O)C(C)OC(=O)/C=C/c2csc(C)n2)cc(OC)c1. The van der Waals surface area contributed by atoms with E-state index in [-0.39, 0.29) is 0 Å². The van der Waals surface area contributed by atoms with Gasteiger partial charge in [0, 0.05) is 35.3 Å². The molecule has 1 aromatic carbocycles. The molecule has 1 heterocycles. The molecule has 0 radical (unpaired) electrons. The maximum absolute atomic E-state index is 12.2. The lowest BCUT2D eigenvalue weighted by Gasteiger charge is -2.14. The minimum atomic E-state index is -0.971. The van der Waals surface area contributed by atoms with Crippen molar-refractivity contribution in [1.82, 2.24) is 4.98 Å². The van der Waals surface area contributed by atoms with Gasteiger partial charge in [0.25, 0.3) is 5.91 Å². The van der Waals surface area contributed by atoms with E-state index >= 15 is 0 Å². The van der Waals surface area contributed by atoms with E-state index in [0.29, 0.717) is 22.9 Å². The number of rotatable bonds is 7. The second kappa shape index (κ2) is 9.00. The number of anilines is 1. The number of methoxy groups -OCH3 is 2. The molecule has 0 spiro atoms. The summed E-state index contributed by atoms with van der Waals surface area (Å²) < 4.78 is 15.4. The van der Waals surface area contributed by atoms with Crippen LogP contribution in [0.5, 0.6) is 11.5 Å². The number of aryl methyl sites for hydroxylation is 1. The van der Waals surface area contributed by atoms with Gasteiger partial charge in [0.2, 0.25) is 0 Å². The molecule has 0 bridgehead atoms. The fraction of sp³-hybridized carbons (Fsp3) is 0.278. The van der Waals surface area contributed by atoms with E-state index in [0.717, 1.165) is 5.01 Å². The highest BCUT2D eigenvalue weighted by molar-refractivity contribution is 7.09. The van der Waals surface area contributed by atoms with Gasteiger partial charge in [-0.15, -0.1) is 11.3 Å². The third-order valence-electron chi connectivity index (χ3n) is 3.31. The first kappa shape index (κ1) is 19.5. The van der Waals surface area contributed by atoms with Crippen LogP contribution in [0.1, 0.15) is 17.6 Å². The van der Waals surface area contributed by atoms with Crippen LogP contribution in [0.2, 0.25) is 0 Å². The number of nitrogens with one attached hydrogen (secondary N) is 1. The van der Waals surface area contributed by atoms with Crippen LogP contribution in [-0.4, -0.2) is 37.2 Å². The summed E-state index contributed by atoms with van der Waals surface area (Å²) in [7, 11) is 3.03. The topological polar surface area (TPSA) is 86.8 Å². The van der Waals surface area contributed by atoms with Gasteiger partial charge in [0.1, 0.15) is 11.5 Å². The summed E-state index contributed by atoms with van der Waals surface area (Å²) >= 11 is 1.48. The molecule has 2 rings (SSSR count). The molecule has 0 saturated carbocycles. The number of hydrogen-bond acceptors (Lipinski definition) is 7. The Morgan fingerprint density at radius 3 is 2.38 bits per heavy atom. The molecule has 1 amide bonds. The normalized spacial score (nSPS) is 11.8. The molecule has 1 N–H and O–H groups in total. The Kier molecular flexibility index (Phi) is 6.74. The predicted octanol–water partition coefficient (Wildman–Crippen LogP) is 3.05. The molecule has 7 nitrogen and oxygen atoms in total. The molecule has 0 aliphatic heterocycles. The number of amides is 1. The van der Waals surface area contributed by atoms with E-state index in [9.17, 15) is 9.59 Å². The monoisotopic (exact) mass is 376 g/mol. The average molecular weight is 376 g/mol. The molecule has 1 atom stereocenters. The number of carbonyl (C=O) groups is 2. The summed E-state index contributed by atoms with van der Waals surface area (Å²) in [5.74, 6) is -0.0235. The Bertz CT molecular complexity index is 793. The van der Waals surface area contributed by atoms with E-state index in [1.165, 1.54) is 38.6 Å². The Labute approximate surface area is 155 Å². The number of carbonyl (C=O) groups excluding carboxylic acids is 2. The third kappa shape index (κ3) is 5.59. The van der Waals surface area contributed by atoms with Crippen molar-refractivity contribution < 1.29 is 23.8 Å². The molecule has 0 saturated heterocycles. The molecule has 8 heteroatoms. The average Bonchev–Trinajstić information content (AvgIpc) is 3.04. The van der Waals surface area contributed by atoms with Gasteiger partial charge in [0.15, 0.2) is 6.10 Å². The Morgan fingerprint density at radius 2 is 1.85 bits per heavy atom. The standard InChI is InChI=1S/C18H20N2O5S/c1-11(25-17(21)6-5-13-10-26-12(2)19-13)18(22)20-14-7-15(23-3)9-16(8-14)24-4/h5-11H,1-4H3,(H,20,22)/b6-5+. The van der Waals surface area contributed by atoms with Gasteiger partial charge in [0.05, 0.1) is 24.9 Å². The van der Waals surface area contributed by atoms with Gasteiger partial charge >= 0.3 is 5.97 Å². The van der Waals surface area contributed by atoms with Crippen molar-refractivity contribution in [2.45, 2.75) is 20.0 Å². The molecule has 1 unspecified atom stereocenters. The van der Waals surface area contributed by atoms with Crippen LogP contribution in [0.15, 0.2) is 29.7 Å². The van der Waals surface area contributed by atoms with Crippen LogP contribution in [0.25, 0.3) is 6.08 Å². The number of ether oxygens (including phenoxy) is 3. The van der Waals surface area contributed by atoms with Crippen molar-refractivity contribution in [1.29, 1.82) is 0 Å². The number of nitrogens with zero attached hydrogens (tertiary/aromatic N) is 1. The van der Waals surface area contributed by atoms with Crippen molar-refractivity contribution in [3.63, 3.8) is 0 Å². The lowest BCUT2D eigenvalue weighted by molar-refractivity contribution is -0.148. The second-order valence-corrected chi connectivity index (χ2v) is 6.36. The Morgan fingerprint density at radius 1 is 1.19 bits per heavy atom. The summed E-state index contributed by atoms with van der Waals surface area (Å²) in [6, 6.07) is 4.96. The van der Waals surface area contributed by atoms with Crippen molar-refractivity contribution in [3.8, 4) is 11.5 Å². The first-order valence-electron chi connectivity index (χ1n) is 7.76. The second-order valence-electron chi connectivity index (χ2n) is 5.29. The van der Waals surface area contributed by atoms with E-state index in [1.807, 2.05) is 12.3 Å². The van der Waals surface area contributed by atoms with Crippen molar-refractivity contribution in [2.75, 3.05) is 19.5 Å². The maximum atomic E-state index is 12.2. The van der Waals surface area contributed by atoms with E-state index in [2.05, 4.69) is 10.3 Å². The zero-order chi connectivity index (χ0) is 19.1. The smallest absolute Gasteiger partial charge is 0.331 e. The predicted molar refractivity (Wildman–Crippen MR) is 99.6 cm³/mol. The first-order valence-corrected chi connectivity index (χ1v) is 8.64. The molecular weight excluding hydrogens is 356 g/mol. The van der Waals surface area contributed by atoms with Gasteiger partial charge in [-0.2, -0.15) is 0 Å². The molecule has 0 fully saturated rings. The van der Waals surface area contributed by atoms with Crippen molar-refractivity contribution in [2.24, 2.45) is 0 Å².